The Morgan fingerprint density at radius 3 is 2.60 bits per heavy atom. The average molecular weight is 355 g/mol. The fourth-order valence-corrected chi connectivity index (χ4v) is 3.55. The zero-order valence-corrected chi connectivity index (χ0v) is 14.2. The molecule has 6 heteroatoms. The molecule has 0 radical (unpaired) electrons. The smallest absolute Gasteiger partial charge is 0.261 e. The summed E-state index contributed by atoms with van der Waals surface area (Å²) in [5.41, 5.74) is 2.19. The zero-order valence-electron chi connectivity index (χ0n) is 13.5. The molecule has 2 aromatic rings. The van der Waals surface area contributed by atoms with E-state index in [9.17, 15) is 14.4 Å². The van der Waals surface area contributed by atoms with Gasteiger partial charge in [0.05, 0.1) is 11.1 Å². The maximum Gasteiger partial charge on any atom is 0.261 e. The second-order valence-corrected chi connectivity index (χ2v) is 6.80. The van der Waals surface area contributed by atoms with Crippen molar-refractivity contribution in [2.24, 2.45) is 5.92 Å². The van der Waals surface area contributed by atoms with E-state index in [0.29, 0.717) is 21.8 Å². The van der Waals surface area contributed by atoms with Crippen molar-refractivity contribution in [1.82, 2.24) is 4.90 Å². The standard InChI is InChI=1S/C19H15ClN2O3/c1-22-18(24)12-7-6-10(8-15(12)19(22)25)21-17(23)14-9-13(14)11-4-2-3-5-16(11)20/h2-8,13-14H,9H2,1H3,(H,21,23). The minimum absolute atomic E-state index is 0.102. The minimum atomic E-state index is -0.350. The van der Waals surface area contributed by atoms with Crippen molar-refractivity contribution < 1.29 is 14.4 Å². The van der Waals surface area contributed by atoms with Crippen LogP contribution in [-0.2, 0) is 4.79 Å². The number of hydrogen-bond donors (Lipinski definition) is 1. The largest absolute Gasteiger partial charge is 0.326 e. The summed E-state index contributed by atoms with van der Waals surface area (Å²) in [7, 11) is 1.45. The minimum Gasteiger partial charge on any atom is -0.326 e. The molecule has 5 nitrogen and oxygen atoms in total. The molecule has 2 aliphatic rings. The Morgan fingerprint density at radius 2 is 1.84 bits per heavy atom. The normalized spacial score (nSPS) is 21.3. The highest BCUT2D eigenvalue weighted by atomic mass is 35.5. The second-order valence-electron chi connectivity index (χ2n) is 6.39. The Kier molecular flexibility index (Phi) is 3.62. The van der Waals surface area contributed by atoms with Crippen LogP contribution in [0.5, 0.6) is 0 Å². The van der Waals surface area contributed by atoms with E-state index < -0.39 is 0 Å². The van der Waals surface area contributed by atoms with Gasteiger partial charge in [-0.15, -0.1) is 0 Å². The third-order valence-electron chi connectivity index (χ3n) is 4.79. The maximum absolute atomic E-state index is 12.5. The molecule has 3 amide bonds. The van der Waals surface area contributed by atoms with Crippen molar-refractivity contribution in [3.63, 3.8) is 0 Å². The number of halogens is 1. The van der Waals surface area contributed by atoms with Crippen molar-refractivity contribution in [2.75, 3.05) is 12.4 Å². The molecule has 1 heterocycles. The highest BCUT2D eigenvalue weighted by Gasteiger charge is 2.45. The number of nitrogens with zero attached hydrogens (tertiary/aromatic N) is 1. The molecule has 2 aromatic carbocycles. The molecule has 0 saturated heterocycles. The SMILES string of the molecule is CN1C(=O)c2ccc(NC(=O)C3CC3c3ccccc3Cl)cc2C1=O. The monoisotopic (exact) mass is 354 g/mol. The lowest BCUT2D eigenvalue weighted by molar-refractivity contribution is -0.117. The average Bonchev–Trinajstić information content (AvgIpc) is 3.37. The van der Waals surface area contributed by atoms with Crippen LogP contribution in [0.3, 0.4) is 0 Å². The topological polar surface area (TPSA) is 66.5 Å². The van der Waals surface area contributed by atoms with Gasteiger partial charge in [0.15, 0.2) is 0 Å². The van der Waals surface area contributed by atoms with Crippen LogP contribution in [0.15, 0.2) is 42.5 Å². The first-order valence-electron chi connectivity index (χ1n) is 7.99. The molecule has 1 aliphatic heterocycles. The lowest BCUT2D eigenvalue weighted by atomic mass is 10.1. The Morgan fingerprint density at radius 1 is 1.12 bits per heavy atom. The van der Waals surface area contributed by atoms with Crippen molar-refractivity contribution in [3.05, 3.63) is 64.2 Å². The number of fused-ring (bicyclic) bond motifs is 1. The first-order valence-corrected chi connectivity index (χ1v) is 8.37. The van der Waals surface area contributed by atoms with E-state index in [2.05, 4.69) is 5.32 Å². The number of carbonyl (C=O) groups is 3. The van der Waals surface area contributed by atoms with Crippen LogP contribution in [-0.4, -0.2) is 29.7 Å². The van der Waals surface area contributed by atoms with Gasteiger partial charge in [-0.2, -0.15) is 0 Å². The van der Waals surface area contributed by atoms with Gasteiger partial charge in [0.25, 0.3) is 11.8 Å². The predicted molar refractivity (Wildman–Crippen MR) is 93.8 cm³/mol. The predicted octanol–water partition coefficient (Wildman–Crippen LogP) is 3.31. The number of amides is 3. The van der Waals surface area contributed by atoms with Gasteiger partial charge in [-0.05, 0) is 42.2 Å². The Labute approximate surface area is 149 Å². The molecule has 1 aliphatic carbocycles. The Bertz CT molecular complexity index is 925. The van der Waals surface area contributed by atoms with Gasteiger partial charge in [0.1, 0.15) is 0 Å². The van der Waals surface area contributed by atoms with Gasteiger partial charge < -0.3 is 5.32 Å². The first-order chi connectivity index (χ1) is 12.0. The number of anilines is 1. The van der Waals surface area contributed by atoms with E-state index in [4.69, 9.17) is 11.6 Å². The lowest BCUT2D eigenvalue weighted by Crippen LogP contribution is -2.24. The van der Waals surface area contributed by atoms with Gasteiger partial charge in [0, 0.05) is 23.7 Å². The van der Waals surface area contributed by atoms with Crippen LogP contribution < -0.4 is 5.32 Å². The van der Waals surface area contributed by atoms with Crippen LogP contribution >= 0.6 is 11.6 Å². The van der Waals surface area contributed by atoms with Crippen LogP contribution in [0, 0.1) is 5.92 Å². The molecule has 0 spiro atoms. The molecular weight excluding hydrogens is 340 g/mol. The van der Waals surface area contributed by atoms with Gasteiger partial charge in [-0.1, -0.05) is 29.8 Å². The van der Waals surface area contributed by atoms with E-state index in [1.807, 2.05) is 24.3 Å². The first kappa shape index (κ1) is 15.8. The molecule has 0 bridgehead atoms. The van der Waals surface area contributed by atoms with E-state index in [-0.39, 0.29) is 29.6 Å². The summed E-state index contributed by atoms with van der Waals surface area (Å²) in [5.74, 6) is -0.782. The van der Waals surface area contributed by atoms with Crippen LogP contribution in [0.4, 0.5) is 5.69 Å². The molecule has 1 fully saturated rings. The third kappa shape index (κ3) is 2.61. The summed E-state index contributed by atoms with van der Waals surface area (Å²) in [6, 6.07) is 12.3. The van der Waals surface area contributed by atoms with Crippen molar-refractivity contribution in [3.8, 4) is 0 Å². The van der Waals surface area contributed by atoms with Gasteiger partial charge in [-0.3, -0.25) is 19.3 Å². The van der Waals surface area contributed by atoms with Crippen LogP contribution in [0.25, 0.3) is 0 Å². The third-order valence-corrected chi connectivity index (χ3v) is 5.13. The molecule has 25 heavy (non-hydrogen) atoms. The molecule has 2 atom stereocenters. The van der Waals surface area contributed by atoms with E-state index in [1.54, 1.807) is 18.2 Å². The number of nitrogens with one attached hydrogen (secondary N) is 1. The van der Waals surface area contributed by atoms with Crippen LogP contribution in [0.1, 0.15) is 38.6 Å². The van der Waals surface area contributed by atoms with Crippen molar-refractivity contribution in [1.29, 1.82) is 0 Å². The fraction of sp³-hybridized carbons (Fsp3) is 0.211. The number of rotatable bonds is 3. The molecule has 1 saturated carbocycles. The summed E-state index contributed by atoms with van der Waals surface area (Å²) in [6.07, 6.45) is 0.751. The van der Waals surface area contributed by atoms with Gasteiger partial charge >= 0.3 is 0 Å². The zero-order chi connectivity index (χ0) is 17.7. The van der Waals surface area contributed by atoms with Gasteiger partial charge in [0.2, 0.25) is 5.91 Å². The number of benzene rings is 2. The summed E-state index contributed by atoms with van der Waals surface area (Å²) < 4.78 is 0. The molecule has 4 rings (SSSR count). The molecule has 2 unspecified atom stereocenters. The molecule has 1 N–H and O–H groups in total. The second kappa shape index (κ2) is 5.70. The van der Waals surface area contributed by atoms with E-state index in [0.717, 1.165) is 16.9 Å². The summed E-state index contributed by atoms with van der Waals surface area (Å²) in [5, 5.41) is 3.51. The Hall–Kier alpha value is -2.66. The van der Waals surface area contributed by atoms with Crippen LogP contribution in [0.2, 0.25) is 5.02 Å². The van der Waals surface area contributed by atoms with Crippen molar-refractivity contribution in [2.45, 2.75) is 12.3 Å². The number of carbonyl (C=O) groups excluding carboxylic acids is 3. The lowest BCUT2D eigenvalue weighted by Gasteiger charge is -2.07. The number of hydrogen-bond acceptors (Lipinski definition) is 3. The summed E-state index contributed by atoms with van der Waals surface area (Å²) in [4.78, 5) is 37.5. The fourth-order valence-electron chi connectivity index (χ4n) is 3.28. The highest BCUT2D eigenvalue weighted by molar-refractivity contribution is 6.31. The van der Waals surface area contributed by atoms with E-state index >= 15 is 0 Å². The van der Waals surface area contributed by atoms with Gasteiger partial charge in [-0.25, -0.2) is 0 Å². The molecular formula is C19H15ClN2O3. The van der Waals surface area contributed by atoms with E-state index in [1.165, 1.54) is 7.05 Å². The van der Waals surface area contributed by atoms with Crippen molar-refractivity contribution >= 4 is 35.0 Å². The highest BCUT2D eigenvalue weighted by Crippen LogP contribution is 2.50. The summed E-state index contributed by atoms with van der Waals surface area (Å²) in [6.45, 7) is 0. The number of imide groups is 1. The molecule has 0 aromatic heterocycles. The maximum atomic E-state index is 12.5. The quantitative estimate of drug-likeness (QED) is 0.860. The summed E-state index contributed by atoms with van der Waals surface area (Å²) >= 11 is 6.19. The Balaban J connectivity index is 1.49. The molecule has 126 valence electrons.